The van der Waals surface area contributed by atoms with Crippen LogP contribution in [0.25, 0.3) is 34.4 Å². The maximum Gasteiger partial charge on any atom is 0.433 e. The zero-order chi connectivity index (χ0) is 29.9. The third-order valence-electron chi connectivity index (χ3n) is 6.25. The highest BCUT2D eigenvalue weighted by atomic mass is 19.4. The van der Waals surface area contributed by atoms with Gasteiger partial charge >= 0.3 is 12.1 Å². The number of hydrogen-bond acceptors (Lipinski definition) is 6. The van der Waals surface area contributed by atoms with Gasteiger partial charge in [0.05, 0.1) is 24.2 Å². The van der Waals surface area contributed by atoms with Crippen molar-refractivity contribution in [3.63, 3.8) is 0 Å². The third-order valence-corrected chi connectivity index (χ3v) is 6.25. The smallest absolute Gasteiger partial charge is 0.433 e. The summed E-state index contributed by atoms with van der Waals surface area (Å²) < 4.78 is 45.7. The quantitative estimate of drug-likeness (QED) is 0.174. The van der Waals surface area contributed by atoms with Crippen LogP contribution >= 0.6 is 0 Å². The molecule has 11 heteroatoms. The van der Waals surface area contributed by atoms with Crippen molar-refractivity contribution in [2.45, 2.75) is 20.0 Å². The number of hydrogen-bond donors (Lipinski definition) is 1. The largest absolute Gasteiger partial charge is 0.463 e. The Labute approximate surface area is 238 Å². The molecule has 3 heterocycles. The molecule has 42 heavy (non-hydrogen) atoms. The first-order valence-corrected chi connectivity index (χ1v) is 12.9. The Kier molecular flexibility index (Phi) is 7.83. The van der Waals surface area contributed by atoms with E-state index in [0.29, 0.717) is 33.7 Å². The molecule has 5 rings (SSSR count). The molecule has 0 aliphatic heterocycles. The number of benzene rings is 2. The van der Waals surface area contributed by atoms with Gasteiger partial charge in [0.25, 0.3) is 5.91 Å². The van der Waals surface area contributed by atoms with Crippen LogP contribution in [0.4, 0.5) is 18.9 Å². The summed E-state index contributed by atoms with van der Waals surface area (Å²) in [5.41, 5.74) is 3.55. The lowest BCUT2D eigenvalue weighted by atomic mass is 10.1. The summed E-state index contributed by atoms with van der Waals surface area (Å²) in [4.78, 5) is 33.0. The number of pyridine rings is 1. The summed E-state index contributed by atoms with van der Waals surface area (Å²) in [6.45, 7) is 3.85. The SMILES string of the molecule is CCOC(=O)C=Cc1cccc(C(=O)Nc2cc(-c3cn4nc(-c5cccc(C(F)(F)F)n5)ccc4n3)ccc2C)c1. The molecule has 212 valence electrons. The van der Waals surface area contributed by atoms with Crippen molar-refractivity contribution >= 4 is 29.3 Å². The Morgan fingerprint density at radius 3 is 2.55 bits per heavy atom. The molecule has 0 fully saturated rings. The Morgan fingerprint density at radius 1 is 0.952 bits per heavy atom. The molecule has 0 saturated carbocycles. The van der Waals surface area contributed by atoms with Gasteiger partial charge < -0.3 is 10.1 Å². The van der Waals surface area contributed by atoms with Crippen LogP contribution in [-0.4, -0.2) is 38.1 Å². The van der Waals surface area contributed by atoms with Gasteiger partial charge in [-0.25, -0.2) is 19.3 Å². The minimum absolute atomic E-state index is 0.0859. The fourth-order valence-corrected chi connectivity index (χ4v) is 4.14. The second-order valence-electron chi connectivity index (χ2n) is 9.25. The highest BCUT2D eigenvalue weighted by Gasteiger charge is 2.32. The molecule has 1 amide bonds. The van der Waals surface area contributed by atoms with Gasteiger partial charge in [0.2, 0.25) is 0 Å². The lowest BCUT2D eigenvalue weighted by Gasteiger charge is -2.10. The van der Waals surface area contributed by atoms with Crippen molar-refractivity contribution in [3.05, 3.63) is 107 Å². The van der Waals surface area contributed by atoms with E-state index < -0.39 is 17.8 Å². The second kappa shape index (κ2) is 11.7. The van der Waals surface area contributed by atoms with Gasteiger partial charge in [-0.1, -0.05) is 30.3 Å². The fraction of sp³-hybridized carbons (Fsp3) is 0.129. The lowest BCUT2D eigenvalue weighted by Crippen LogP contribution is -2.13. The summed E-state index contributed by atoms with van der Waals surface area (Å²) >= 11 is 0. The minimum Gasteiger partial charge on any atom is -0.463 e. The van der Waals surface area contributed by atoms with Crippen LogP contribution in [0.1, 0.15) is 34.1 Å². The monoisotopic (exact) mass is 571 g/mol. The van der Waals surface area contributed by atoms with Gasteiger partial charge in [-0.15, -0.1) is 0 Å². The van der Waals surface area contributed by atoms with Gasteiger partial charge in [-0.05, 0) is 73.5 Å². The van der Waals surface area contributed by atoms with E-state index >= 15 is 0 Å². The number of ether oxygens (including phenoxy) is 1. The van der Waals surface area contributed by atoms with E-state index in [2.05, 4.69) is 20.4 Å². The fourth-order valence-electron chi connectivity index (χ4n) is 4.14. The predicted octanol–water partition coefficient (Wildman–Crippen LogP) is 6.61. The number of alkyl halides is 3. The van der Waals surface area contributed by atoms with Gasteiger partial charge in [0, 0.05) is 22.9 Å². The first kappa shape index (κ1) is 28.2. The molecular weight excluding hydrogens is 547 g/mol. The van der Waals surface area contributed by atoms with E-state index in [-0.39, 0.29) is 23.9 Å². The van der Waals surface area contributed by atoms with Gasteiger partial charge in [-0.3, -0.25) is 4.79 Å². The Bertz CT molecular complexity index is 1830. The van der Waals surface area contributed by atoms with E-state index in [1.807, 2.05) is 19.1 Å². The average Bonchev–Trinajstić information content (AvgIpc) is 3.41. The van der Waals surface area contributed by atoms with Crippen molar-refractivity contribution < 1.29 is 27.5 Å². The van der Waals surface area contributed by atoms with Crippen molar-refractivity contribution in [3.8, 4) is 22.6 Å². The highest BCUT2D eigenvalue weighted by molar-refractivity contribution is 6.05. The molecule has 0 spiro atoms. The molecule has 1 N–H and O–H groups in total. The van der Waals surface area contributed by atoms with Crippen LogP contribution in [-0.2, 0) is 15.7 Å². The number of nitrogens with zero attached hydrogens (tertiary/aromatic N) is 4. The number of amides is 1. The topological polar surface area (TPSA) is 98.5 Å². The van der Waals surface area contributed by atoms with Gasteiger partial charge in [-0.2, -0.15) is 18.3 Å². The molecule has 0 aliphatic rings. The number of fused-ring (bicyclic) bond motifs is 1. The number of carbonyl (C=O) groups is 2. The zero-order valence-electron chi connectivity index (χ0n) is 22.5. The summed E-state index contributed by atoms with van der Waals surface area (Å²) in [6.07, 6.45) is -0.0313. The predicted molar refractivity (Wildman–Crippen MR) is 151 cm³/mol. The van der Waals surface area contributed by atoms with E-state index in [1.165, 1.54) is 22.7 Å². The van der Waals surface area contributed by atoms with E-state index in [1.54, 1.807) is 61.7 Å². The first-order valence-electron chi connectivity index (χ1n) is 12.9. The van der Waals surface area contributed by atoms with Crippen molar-refractivity contribution in [1.82, 2.24) is 19.6 Å². The number of carbonyl (C=O) groups excluding carboxylic acids is 2. The molecule has 8 nitrogen and oxygen atoms in total. The van der Waals surface area contributed by atoms with Crippen molar-refractivity contribution in [2.75, 3.05) is 11.9 Å². The maximum absolute atomic E-state index is 13.1. The van der Waals surface area contributed by atoms with Crippen molar-refractivity contribution in [2.24, 2.45) is 0 Å². The zero-order valence-corrected chi connectivity index (χ0v) is 22.5. The molecule has 0 atom stereocenters. The first-order chi connectivity index (χ1) is 20.1. The highest BCUT2D eigenvalue weighted by Crippen LogP contribution is 2.30. The Hall–Kier alpha value is -5.32. The Balaban J connectivity index is 1.38. The molecule has 0 unspecified atom stereocenters. The van der Waals surface area contributed by atoms with Crippen molar-refractivity contribution in [1.29, 1.82) is 0 Å². The van der Waals surface area contributed by atoms with Crippen LogP contribution < -0.4 is 5.32 Å². The number of aromatic nitrogens is 4. The third kappa shape index (κ3) is 6.35. The average molecular weight is 572 g/mol. The number of nitrogens with one attached hydrogen (secondary N) is 1. The van der Waals surface area contributed by atoms with E-state index in [4.69, 9.17) is 4.74 Å². The summed E-state index contributed by atoms with van der Waals surface area (Å²) in [6, 6.07) is 19.2. The minimum atomic E-state index is -4.56. The number of esters is 1. The molecule has 0 aliphatic carbocycles. The molecule has 0 radical (unpaired) electrons. The van der Waals surface area contributed by atoms with Crippen LogP contribution in [0.15, 0.2) is 85.1 Å². The standard InChI is InChI=1S/C31H24F3N5O3/c1-3-42-29(40)15-11-20-6-4-7-22(16-20)30(41)37-25-17-21(12-10-19(25)2)26-18-39-28(36-26)14-13-24(38-39)23-8-5-9-27(35-23)31(32,33)34/h4-18H,3H2,1-2H3,(H,37,41). The van der Waals surface area contributed by atoms with Crippen LogP contribution in [0.5, 0.6) is 0 Å². The Morgan fingerprint density at radius 2 is 1.76 bits per heavy atom. The molecule has 3 aromatic heterocycles. The second-order valence-corrected chi connectivity index (χ2v) is 9.25. The molecule has 2 aromatic carbocycles. The summed E-state index contributed by atoms with van der Waals surface area (Å²) in [5, 5.41) is 7.33. The summed E-state index contributed by atoms with van der Waals surface area (Å²) in [5.74, 6) is -0.804. The normalized spacial score (nSPS) is 11.6. The number of anilines is 1. The van der Waals surface area contributed by atoms with Crippen LogP contribution in [0.3, 0.4) is 0 Å². The van der Waals surface area contributed by atoms with E-state index in [9.17, 15) is 22.8 Å². The van der Waals surface area contributed by atoms with Gasteiger partial charge in [0.1, 0.15) is 11.4 Å². The maximum atomic E-state index is 13.1. The number of rotatable bonds is 7. The molecule has 5 aromatic rings. The number of imidazole rings is 1. The number of aryl methyl sites for hydroxylation is 1. The molecular formula is C31H24F3N5O3. The van der Waals surface area contributed by atoms with Crippen LogP contribution in [0.2, 0.25) is 0 Å². The van der Waals surface area contributed by atoms with E-state index in [0.717, 1.165) is 11.6 Å². The molecule has 0 saturated heterocycles. The number of halogens is 3. The van der Waals surface area contributed by atoms with Gasteiger partial charge in [0.15, 0.2) is 5.65 Å². The summed E-state index contributed by atoms with van der Waals surface area (Å²) in [7, 11) is 0. The van der Waals surface area contributed by atoms with Crippen LogP contribution in [0, 0.1) is 6.92 Å². The lowest BCUT2D eigenvalue weighted by molar-refractivity contribution is -0.141. The molecule has 0 bridgehead atoms.